The van der Waals surface area contributed by atoms with E-state index < -0.39 is 17.4 Å². The summed E-state index contributed by atoms with van der Waals surface area (Å²) in [6, 6.07) is 7.32. The van der Waals surface area contributed by atoms with Crippen LogP contribution in [0.1, 0.15) is 61.9 Å². The van der Waals surface area contributed by atoms with Crippen LogP contribution in [0, 0.1) is 20.8 Å². The summed E-state index contributed by atoms with van der Waals surface area (Å²) in [5.74, 6) is 1.62. The average molecular weight is 540 g/mol. The average Bonchev–Trinajstić information content (AvgIpc) is 3.15. The van der Waals surface area contributed by atoms with Crippen LogP contribution in [0.4, 0.5) is 9.59 Å². The maximum atomic E-state index is 12.3. The summed E-state index contributed by atoms with van der Waals surface area (Å²) in [5, 5.41) is 1.88. The third-order valence-electron chi connectivity index (χ3n) is 6.50. The van der Waals surface area contributed by atoms with Gasteiger partial charge in [0.05, 0.1) is 4.91 Å². The quantitative estimate of drug-likeness (QED) is 0.264. The van der Waals surface area contributed by atoms with E-state index in [-0.39, 0.29) is 11.1 Å². The van der Waals surface area contributed by atoms with Gasteiger partial charge in [0, 0.05) is 5.56 Å². The number of rotatable bonds is 5. The molecule has 0 saturated carbocycles. The Morgan fingerprint density at radius 1 is 1.11 bits per heavy atom. The normalized spacial score (nSPS) is 20.0. The van der Waals surface area contributed by atoms with Gasteiger partial charge in [-0.3, -0.25) is 14.9 Å². The van der Waals surface area contributed by atoms with E-state index in [2.05, 4.69) is 5.32 Å². The van der Waals surface area contributed by atoms with Crippen LogP contribution >= 0.6 is 11.8 Å². The van der Waals surface area contributed by atoms with Crippen LogP contribution < -0.4 is 19.5 Å². The fraction of sp³-hybridized carbons (Fsp3) is 0.414. The maximum absolute atomic E-state index is 12.3. The number of fused-ring (bicyclic) bond motifs is 1. The van der Waals surface area contributed by atoms with Gasteiger partial charge in [-0.2, -0.15) is 0 Å². The molecule has 9 heteroatoms. The fourth-order valence-corrected chi connectivity index (χ4v) is 5.04. The molecule has 2 aliphatic heterocycles. The number of benzene rings is 2. The molecule has 2 aromatic rings. The summed E-state index contributed by atoms with van der Waals surface area (Å²) in [7, 11) is 0. The first kappa shape index (κ1) is 27.6. The highest BCUT2D eigenvalue weighted by Gasteiger charge is 2.36. The molecule has 2 heterocycles. The molecule has 38 heavy (non-hydrogen) atoms. The third-order valence-corrected chi connectivity index (χ3v) is 7.31. The number of hydrogen-bond donors (Lipinski definition) is 1. The van der Waals surface area contributed by atoms with Gasteiger partial charge in [-0.05, 0) is 114 Å². The minimum atomic E-state index is -0.723. The molecule has 0 aliphatic carbocycles. The SMILES string of the molecule is Cc1c(C)c2c(c(C)c1OC(=O)OC(C)(C)C)CCC(C)(COc1ccc(/C=C3\SC(=O)NC3=O)cc1)O2. The lowest BCUT2D eigenvalue weighted by Gasteiger charge is -2.37. The van der Waals surface area contributed by atoms with Crippen LogP contribution in [0.25, 0.3) is 6.08 Å². The molecule has 2 amide bonds. The van der Waals surface area contributed by atoms with Crippen LogP contribution in [0.3, 0.4) is 0 Å². The van der Waals surface area contributed by atoms with Crippen molar-refractivity contribution in [3.05, 3.63) is 57.0 Å². The van der Waals surface area contributed by atoms with Crippen molar-refractivity contribution in [1.29, 1.82) is 0 Å². The Morgan fingerprint density at radius 3 is 2.39 bits per heavy atom. The number of carbonyl (C=O) groups excluding carboxylic acids is 3. The predicted octanol–water partition coefficient (Wildman–Crippen LogP) is 6.41. The molecule has 0 radical (unpaired) electrons. The second-order valence-electron chi connectivity index (χ2n) is 10.8. The molecule has 0 bridgehead atoms. The van der Waals surface area contributed by atoms with Gasteiger partial charge in [-0.25, -0.2) is 4.79 Å². The topological polar surface area (TPSA) is 100 Å². The molecule has 0 spiro atoms. The van der Waals surface area contributed by atoms with Crippen molar-refractivity contribution in [2.24, 2.45) is 0 Å². The molecule has 0 aromatic heterocycles. The molecule has 1 fully saturated rings. The Hall–Kier alpha value is -3.46. The monoisotopic (exact) mass is 539 g/mol. The summed E-state index contributed by atoms with van der Waals surface area (Å²) in [6.45, 7) is 13.6. The van der Waals surface area contributed by atoms with Crippen molar-refractivity contribution in [3.63, 3.8) is 0 Å². The van der Waals surface area contributed by atoms with E-state index in [0.29, 0.717) is 23.0 Å². The molecule has 1 N–H and O–H groups in total. The van der Waals surface area contributed by atoms with E-state index in [1.807, 2.05) is 52.0 Å². The molecular weight excluding hydrogens is 506 g/mol. The summed E-state index contributed by atoms with van der Waals surface area (Å²) >= 11 is 0.887. The highest BCUT2D eigenvalue weighted by atomic mass is 32.2. The van der Waals surface area contributed by atoms with E-state index in [9.17, 15) is 14.4 Å². The third kappa shape index (κ3) is 6.15. The lowest BCUT2D eigenvalue weighted by atomic mass is 9.87. The van der Waals surface area contributed by atoms with Crippen LogP contribution in [0.5, 0.6) is 17.2 Å². The molecule has 2 aromatic carbocycles. The Balaban J connectivity index is 1.45. The van der Waals surface area contributed by atoms with Gasteiger partial charge < -0.3 is 18.9 Å². The van der Waals surface area contributed by atoms with Gasteiger partial charge >= 0.3 is 6.16 Å². The van der Waals surface area contributed by atoms with Gasteiger partial charge in [-0.1, -0.05) is 12.1 Å². The summed E-state index contributed by atoms with van der Waals surface area (Å²) in [4.78, 5) is 35.8. The van der Waals surface area contributed by atoms with Gasteiger partial charge in [0.1, 0.15) is 35.1 Å². The van der Waals surface area contributed by atoms with Crippen LogP contribution in [0.15, 0.2) is 29.2 Å². The summed E-state index contributed by atoms with van der Waals surface area (Å²) in [5.41, 5.74) is 3.24. The second-order valence-corrected chi connectivity index (χ2v) is 11.9. The Bertz CT molecular complexity index is 1320. The lowest BCUT2D eigenvalue weighted by Crippen LogP contribution is -2.42. The van der Waals surface area contributed by atoms with Crippen molar-refractivity contribution in [2.75, 3.05) is 6.61 Å². The molecular formula is C29H33NO7S. The number of amides is 2. The molecule has 2 aliphatic rings. The molecule has 1 saturated heterocycles. The van der Waals surface area contributed by atoms with Crippen molar-refractivity contribution in [1.82, 2.24) is 5.32 Å². The largest absolute Gasteiger partial charge is 0.514 e. The van der Waals surface area contributed by atoms with E-state index in [0.717, 1.165) is 58.2 Å². The highest BCUT2D eigenvalue weighted by Crippen LogP contribution is 2.44. The molecule has 202 valence electrons. The second kappa shape index (κ2) is 10.4. The maximum Gasteiger partial charge on any atom is 0.514 e. The Labute approximate surface area is 227 Å². The van der Waals surface area contributed by atoms with E-state index >= 15 is 0 Å². The Kier molecular flexibility index (Phi) is 7.52. The molecule has 8 nitrogen and oxygen atoms in total. The molecule has 1 atom stereocenters. The lowest BCUT2D eigenvalue weighted by molar-refractivity contribution is -0.115. The fourth-order valence-electron chi connectivity index (χ4n) is 4.36. The van der Waals surface area contributed by atoms with Crippen molar-refractivity contribution in [2.45, 2.75) is 72.5 Å². The first-order chi connectivity index (χ1) is 17.7. The number of ether oxygens (including phenoxy) is 4. The smallest absolute Gasteiger partial charge is 0.489 e. The minimum Gasteiger partial charge on any atom is -0.489 e. The number of imide groups is 1. The van der Waals surface area contributed by atoms with Gasteiger partial charge in [0.25, 0.3) is 11.1 Å². The zero-order valence-electron chi connectivity index (χ0n) is 22.8. The zero-order valence-corrected chi connectivity index (χ0v) is 23.6. The van der Waals surface area contributed by atoms with Gasteiger partial charge in [0.2, 0.25) is 0 Å². The Morgan fingerprint density at radius 2 is 1.79 bits per heavy atom. The highest BCUT2D eigenvalue weighted by molar-refractivity contribution is 8.18. The predicted molar refractivity (Wildman–Crippen MR) is 146 cm³/mol. The first-order valence-corrected chi connectivity index (χ1v) is 13.3. The summed E-state index contributed by atoms with van der Waals surface area (Å²) in [6.07, 6.45) is 2.42. The van der Waals surface area contributed by atoms with Gasteiger partial charge in [-0.15, -0.1) is 0 Å². The standard InChI is InChI=1S/C29H33NO7S/c1-16-17(2)24-21(18(3)23(16)35-27(33)37-28(4,5)6)12-13-29(7,36-24)15-34-20-10-8-19(9-11-20)14-22-25(31)30-26(32)38-22/h8-11,14H,12-13,15H2,1-7H3,(H,30,31,32)/b22-14-. The van der Waals surface area contributed by atoms with Gasteiger partial charge in [0.15, 0.2) is 0 Å². The molecule has 1 unspecified atom stereocenters. The number of nitrogens with one attached hydrogen (secondary N) is 1. The van der Waals surface area contributed by atoms with Crippen LogP contribution in [-0.4, -0.2) is 35.1 Å². The number of hydrogen-bond acceptors (Lipinski definition) is 8. The minimum absolute atomic E-state index is 0.341. The first-order valence-electron chi connectivity index (χ1n) is 12.4. The zero-order chi connectivity index (χ0) is 27.8. The number of thioether (sulfide) groups is 1. The summed E-state index contributed by atoms with van der Waals surface area (Å²) < 4.78 is 23.6. The van der Waals surface area contributed by atoms with E-state index in [4.69, 9.17) is 18.9 Å². The van der Waals surface area contributed by atoms with Crippen molar-refractivity contribution < 1.29 is 33.3 Å². The van der Waals surface area contributed by atoms with Crippen LogP contribution in [0.2, 0.25) is 0 Å². The van der Waals surface area contributed by atoms with Crippen molar-refractivity contribution >= 4 is 35.1 Å². The van der Waals surface area contributed by atoms with E-state index in [1.165, 1.54) is 0 Å². The number of carbonyl (C=O) groups is 3. The van der Waals surface area contributed by atoms with Crippen LogP contribution in [-0.2, 0) is 16.0 Å². The molecule has 4 rings (SSSR count). The van der Waals surface area contributed by atoms with Crippen molar-refractivity contribution in [3.8, 4) is 17.2 Å². The van der Waals surface area contributed by atoms with E-state index in [1.54, 1.807) is 26.8 Å².